The van der Waals surface area contributed by atoms with E-state index in [2.05, 4.69) is 31.4 Å². The predicted molar refractivity (Wildman–Crippen MR) is 194 cm³/mol. The van der Waals surface area contributed by atoms with E-state index in [9.17, 15) is 14.7 Å². The zero-order chi connectivity index (χ0) is 34.3. The number of carboxylic acids is 1. The van der Waals surface area contributed by atoms with Gasteiger partial charge >= 0.3 is 11.9 Å². The first-order chi connectivity index (χ1) is 23.1. The smallest absolute Gasteiger partial charge is 0.338 e. The molecule has 0 amide bonds. The van der Waals surface area contributed by atoms with E-state index in [0.29, 0.717) is 52.5 Å². The van der Waals surface area contributed by atoms with Crippen LogP contribution in [0.25, 0.3) is 0 Å². The number of esters is 1. The summed E-state index contributed by atoms with van der Waals surface area (Å²) in [7, 11) is 0. The number of aliphatic carboxylic acids is 1. The second-order valence-electron chi connectivity index (χ2n) is 16.9. The molecular formula is C41H67N3O4. The van der Waals surface area contributed by atoms with E-state index in [4.69, 9.17) is 10.5 Å². The van der Waals surface area contributed by atoms with Crippen LogP contribution in [0.15, 0.2) is 30.3 Å². The Morgan fingerprint density at radius 3 is 2.38 bits per heavy atom. The minimum absolute atomic E-state index is 0.0349. The quantitative estimate of drug-likeness (QED) is 0.0997. The van der Waals surface area contributed by atoms with E-state index in [1.54, 1.807) is 0 Å². The maximum Gasteiger partial charge on any atom is 0.338 e. The highest BCUT2D eigenvalue weighted by Crippen LogP contribution is 2.68. The van der Waals surface area contributed by atoms with E-state index >= 15 is 0 Å². The first-order valence-electron chi connectivity index (χ1n) is 19.7. The van der Waals surface area contributed by atoms with Crippen molar-refractivity contribution >= 4 is 11.9 Å². The number of hydrogen-bond donors (Lipinski definition) is 4. The zero-order valence-electron chi connectivity index (χ0n) is 30.6. The van der Waals surface area contributed by atoms with Crippen molar-refractivity contribution in [2.45, 2.75) is 130 Å². The molecule has 7 nitrogen and oxygen atoms in total. The summed E-state index contributed by atoms with van der Waals surface area (Å²) in [5.41, 5.74) is 6.82. The van der Waals surface area contributed by atoms with Crippen LogP contribution in [0, 0.1) is 52.3 Å². The first kappa shape index (κ1) is 37.3. The van der Waals surface area contributed by atoms with Gasteiger partial charge in [0.25, 0.3) is 0 Å². The van der Waals surface area contributed by atoms with Crippen LogP contribution in [0.2, 0.25) is 0 Å². The first-order valence-corrected chi connectivity index (χ1v) is 19.7. The van der Waals surface area contributed by atoms with Gasteiger partial charge in [0.15, 0.2) is 0 Å². The molecule has 0 saturated heterocycles. The highest BCUT2D eigenvalue weighted by Gasteiger charge is 2.63. The molecule has 0 aromatic heterocycles. The fourth-order valence-electron chi connectivity index (χ4n) is 11.4. The van der Waals surface area contributed by atoms with Gasteiger partial charge in [0.05, 0.1) is 11.5 Å². The normalized spacial score (nSPS) is 35.6. The fraction of sp³-hybridized carbons (Fsp3) is 0.805. The topological polar surface area (TPSA) is 114 Å². The molecule has 0 heterocycles. The molecule has 0 spiro atoms. The Balaban J connectivity index is 1.27. The molecule has 0 radical (unpaired) electrons. The van der Waals surface area contributed by atoms with Crippen LogP contribution in [0.1, 0.15) is 128 Å². The van der Waals surface area contributed by atoms with Crippen LogP contribution in [0.4, 0.5) is 0 Å². The lowest BCUT2D eigenvalue weighted by Gasteiger charge is -2.63. The molecule has 0 aliphatic heterocycles. The number of ether oxygens (including phenoxy) is 1. The highest BCUT2D eigenvalue weighted by molar-refractivity contribution is 5.89. The molecule has 1 aromatic rings. The molecule has 4 saturated carbocycles. The predicted octanol–water partition coefficient (Wildman–Crippen LogP) is 7.68. The van der Waals surface area contributed by atoms with Crippen molar-refractivity contribution in [3.8, 4) is 0 Å². The summed E-state index contributed by atoms with van der Waals surface area (Å²) in [4.78, 5) is 25.1. The van der Waals surface area contributed by atoms with Crippen LogP contribution in [-0.2, 0) is 9.53 Å². The van der Waals surface area contributed by atoms with Gasteiger partial charge in [-0.1, -0.05) is 58.7 Å². The number of hydrogen-bond acceptors (Lipinski definition) is 6. The molecule has 270 valence electrons. The minimum Gasteiger partial charge on any atom is -0.481 e. The Labute approximate surface area is 291 Å². The van der Waals surface area contributed by atoms with E-state index in [-0.39, 0.29) is 23.4 Å². The second kappa shape index (κ2) is 16.8. The number of carbonyl (C=O) groups excluding carboxylic acids is 1. The monoisotopic (exact) mass is 666 g/mol. The van der Waals surface area contributed by atoms with Gasteiger partial charge in [-0.05, 0) is 156 Å². The molecule has 5 rings (SSSR count). The summed E-state index contributed by atoms with van der Waals surface area (Å²) in [6, 6.07) is 10.1. The number of unbranched alkanes of at least 4 members (excludes halogenated alkanes) is 1. The number of fused-ring (bicyclic) bond motifs is 5. The van der Waals surface area contributed by atoms with E-state index < -0.39 is 5.97 Å². The lowest BCUT2D eigenvalue weighted by Crippen LogP contribution is -2.60. The van der Waals surface area contributed by atoms with Crippen LogP contribution >= 0.6 is 0 Å². The van der Waals surface area contributed by atoms with Crippen molar-refractivity contribution in [3.05, 3.63) is 35.9 Å². The Kier molecular flexibility index (Phi) is 13.1. The molecule has 4 aliphatic carbocycles. The maximum absolute atomic E-state index is 13.7. The van der Waals surface area contributed by atoms with Gasteiger partial charge in [-0.2, -0.15) is 0 Å². The van der Waals surface area contributed by atoms with Crippen molar-refractivity contribution in [2.75, 3.05) is 26.2 Å². The van der Waals surface area contributed by atoms with Crippen molar-refractivity contribution in [1.29, 1.82) is 0 Å². The van der Waals surface area contributed by atoms with E-state index in [0.717, 1.165) is 71.1 Å². The van der Waals surface area contributed by atoms with Crippen molar-refractivity contribution < 1.29 is 19.4 Å². The largest absolute Gasteiger partial charge is 0.481 e. The van der Waals surface area contributed by atoms with Crippen LogP contribution in [-0.4, -0.2) is 55.4 Å². The Morgan fingerprint density at radius 2 is 1.62 bits per heavy atom. The van der Waals surface area contributed by atoms with Gasteiger partial charge in [0.2, 0.25) is 0 Å². The molecular weight excluding hydrogens is 598 g/mol. The maximum atomic E-state index is 13.7. The number of benzene rings is 1. The van der Waals surface area contributed by atoms with Gasteiger partial charge in [0, 0.05) is 12.0 Å². The molecule has 5 N–H and O–H groups in total. The highest BCUT2D eigenvalue weighted by atomic mass is 16.5. The standard InChI is InChI=1S/C41H67N3O4/c1-28(12-10-13-29(2)38(45)46)33-16-17-34-37-35(19-21-41(33,34)4)40(3)20-18-32(44-25-11-24-43-23-9-8-22-42)26-31(40)27-36(37)48-39(47)30-14-6-5-7-15-30/h5-7,14-15,28-29,31-37,43-44H,8-13,16-27,42H2,1-4H3,(H,45,46)/t28-,29?,31-,32+,33-,34?,35?,36?,37?,40+,41-/m1/s1. The van der Waals surface area contributed by atoms with Gasteiger partial charge in [-0.3, -0.25) is 4.79 Å². The average molecular weight is 666 g/mol. The van der Waals surface area contributed by atoms with Gasteiger partial charge in [-0.15, -0.1) is 0 Å². The van der Waals surface area contributed by atoms with Crippen LogP contribution in [0.3, 0.4) is 0 Å². The van der Waals surface area contributed by atoms with Gasteiger partial charge in [-0.25, -0.2) is 4.79 Å². The number of rotatable bonds is 17. The van der Waals surface area contributed by atoms with E-state index in [1.807, 2.05) is 37.3 Å². The molecule has 1 aromatic carbocycles. The summed E-state index contributed by atoms with van der Waals surface area (Å²) in [5.74, 6) is 2.26. The van der Waals surface area contributed by atoms with Crippen LogP contribution in [0.5, 0.6) is 0 Å². The Bertz CT molecular complexity index is 1180. The molecule has 48 heavy (non-hydrogen) atoms. The molecule has 4 fully saturated rings. The summed E-state index contributed by atoms with van der Waals surface area (Å²) in [6.07, 6.45) is 15.8. The third kappa shape index (κ3) is 8.32. The summed E-state index contributed by atoms with van der Waals surface area (Å²) in [5, 5.41) is 16.9. The van der Waals surface area contributed by atoms with E-state index in [1.165, 1.54) is 44.9 Å². The van der Waals surface area contributed by atoms with Crippen LogP contribution < -0.4 is 16.4 Å². The number of nitrogens with two attached hydrogens (primary N) is 1. The lowest BCUT2D eigenvalue weighted by atomic mass is 9.43. The third-order valence-electron chi connectivity index (χ3n) is 14.2. The SMILES string of the molecule is CC(CCC[C@@H](C)[C@H]1CCC2C3C(OC(=O)c4ccccc4)C[C@H]4C[C@@H](NCCCNCCCCN)CC[C@]4(C)C3CC[C@@]21C)C(=O)O. The lowest BCUT2D eigenvalue weighted by molar-refractivity contribution is -0.168. The molecule has 0 bridgehead atoms. The zero-order valence-corrected chi connectivity index (χ0v) is 30.6. The average Bonchev–Trinajstić information content (AvgIpc) is 3.43. The van der Waals surface area contributed by atoms with Crippen molar-refractivity contribution in [2.24, 2.45) is 58.0 Å². The van der Waals surface area contributed by atoms with Gasteiger partial charge < -0.3 is 26.2 Å². The fourth-order valence-corrected chi connectivity index (χ4v) is 11.4. The summed E-state index contributed by atoms with van der Waals surface area (Å²) < 4.78 is 6.66. The van der Waals surface area contributed by atoms with Crippen molar-refractivity contribution in [3.63, 3.8) is 0 Å². The minimum atomic E-state index is -0.680. The Hall–Kier alpha value is -1.96. The number of carbonyl (C=O) groups is 2. The third-order valence-corrected chi connectivity index (χ3v) is 14.2. The molecule has 11 atom stereocenters. The molecule has 5 unspecified atom stereocenters. The second-order valence-corrected chi connectivity index (χ2v) is 16.9. The van der Waals surface area contributed by atoms with Crippen molar-refractivity contribution in [1.82, 2.24) is 10.6 Å². The summed E-state index contributed by atoms with van der Waals surface area (Å²) in [6.45, 7) is 13.4. The number of nitrogens with one attached hydrogen (secondary N) is 2. The Morgan fingerprint density at radius 1 is 0.896 bits per heavy atom. The number of carboxylic acid groups (broad SMARTS) is 1. The molecule has 7 heteroatoms. The van der Waals surface area contributed by atoms with Gasteiger partial charge in [0.1, 0.15) is 6.10 Å². The summed E-state index contributed by atoms with van der Waals surface area (Å²) >= 11 is 0. The molecule has 4 aliphatic rings.